The number of carbonyl (C=O) groups excluding carboxylic acids is 1. The summed E-state index contributed by atoms with van der Waals surface area (Å²) < 4.78 is 17.3. The summed E-state index contributed by atoms with van der Waals surface area (Å²) in [5.41, 5.74) is 0. The first-order valence-electron chi connectivity index (χ1n) is 6.39. The fraction of sp³-hybridized carbons (Fsp3) is 0.917. The van der Waals surface area contributed by atoms with Crippen molar-refractivity contribution in [3.63, 3.8) is 0 Å². The third-order valence-corrected chi connectivity index (χ3v) is 4.20. The Morgan fingerprint density at radius 1 is 1.24 bits per heavy atom. The molecule has 2 fully saturated rings. The lowest BCUT2D eigenvalue weighted by Crippen LogP contribution is -2.36. The summed E-state index contributed by atoms with van der Waals surface area (Å²) in [7, 11) is -1.66. The zero-order valence-corrected chi connectivity index (χ0v) is 12.0. The molecule has 1 atom stereocenters. The molecule has 1 aliphatic carbocycles. The molecule has 2 rings (SSSR count). The van der Waals surface area contributed by atoms with E-state index in [0.29, 0.717) is 26.1 Å². The summed E-state index contributed by atoms with van der Waals surface area (Å²) in [5, 5.41) is 0. The number of ether oxygens (including phenoxy) is 2. The topological polar surface area (TPSA) is 44.8 Å². The monoisotopic (exact) mass is 258 g/mol. The molecule has 17 heavy (non-hydrogen) atoms. The van der Waals surface area contributed by atoms with Crippen molar-refractivity contribution >= 4 is 14.1 Å². The second kappa shape index (κ2) is 4.80. The molecule has 98 valence electrons. The lowest BCUT2D eigenvalue weighted by Gasteiger charge is -2.26. The van der Waals surface area contributed by atoms with Crippen molar-refractivity contribution < 1.29 is 18.7 Å². The fourth-order valence-corrected chi connectivity index (χ4v) is 3.55. The van der Waals surface area contributed by atoms with Gasteiger partial charge in [0.15, 0.2) is 19.9 Å². The van der Waals surface area contributed by atoms with Crippen LogP contribution in [0.4, 0.5) is 0 Å². The van der Waals surface area contributed by atoms with Crippen molar-refractivity contribution in [2.24, 2.45) is 0 Å². The molecule has 1 heterocycles. The second-order valence-electron chi connectivity index (χ2n) is 5.83. The average molecular weight is 258 g/mol. The molecule has 0 amide bonds. The minimum atomic E-state index is -1.66. The lowest BCUT2D eigenvalue weighted by atomic mass is 10.1. The molecule has 4 nitrogen and oxygen atoms in total. The predicted octanol–water partition coefficient (Wildman–Crippen LogP) is 2.09. The van der Waals surface area contributed by atoms with Crippen LogP contribution in [0.1, 0.15) is 25.7 Å². The molecular weight excluding hydrogens is 236 g/mol. The highest BCUT2D eigenvalue weighted by Crippen LogP contribution is 2.34. The van der Waals surface area contributed by atoms with Crippen molar-refractivity contribution in [2.45, 2.75) is 57.2 Å². The minimum absolute atomic E-state index is 0.211. The second-order valence-corrected chi connectivity index (χ2v) is 10.3. The van der Waals surface area contributed by atoms with Crippen LogP contribution in [0.25, 0.3) is 0 Å². The van der Waals surface area contributed by atoms with Gasteiger partial charge in [0.2, 0.25) is 0 Å². The molecule has 0 bridgehead atoms. The molecule has 1 saturated heterocycles. The first-order valence-corrected chi connectivity index (χ1v) is 9.80. The van der Waals surface area contributed by atoms with Gasteiger partial charge in [-0.3, -0.25) is 4.79 Å². The zero-order chi connectivity index (χ0) is 12.5. The van der Waals surface area contributed by atoms with Crippen LogP contribution in [0.15, 0.2) is 0 Å². The third kappa shape index (κ3) is 3.37. The van der Waals surface area contributed by atoms with Gasteiger partial charge in [-0.25, -0.2) is 0 Å². The van der Waals surface area contributed by atoms with E-state index >= 15 is 0 Å². The Morgan fingerprint density at radius 2 is 1.88 bits per heavy atom. The fourth-order valence-electron chi connectivity index (χ4n) is 2.45. The molecule has 2 aliphatic rings. The minimum Gasteiger partial charge on any atom is -0.408 e. The van der Waals surface area contributed by atoms with E-state index < -0.39 is 14.1 Å². The van der Waals surface area contributed by atoms with Crippen molar-refractivity contribution in [3.05, 3.63) is 0 Å². The Bertz CT molecular complexity index is 291. The van der Waals surface area contributed by atoms with Crippen LogP contribution < -0.4 is 0 Å². The molecule has 1 unspecified atom stereocenters. The first-order chi connectivity index (χ1) is 7.90. The highest BCUT2D eigenvalue weighted by Gasteiger charge is 2.41. The van der Waals surface area contributed by atoms with Gasteiger partial charge in [0, 0.05) is 19.3 Å². The Hall–Kier alpha value is -0.233. The molecular formula is C12H22O4Si. The maximum absolute atomic E-state index is 12.0. The van der Waals surface area contributed by atoms with Gasteiger partial charge in [-0.15, -0.1) is 0 Å². The number of carbonyl (C=O) groups is 1. The van der Waals surface area contributed by atoms with E-state index in [1.807, 2.05) is 0 Å². The first kappa shape index (κ1) is 13.2. The zero-order valence-electron chi connectivity index (χ0n) is 11.0. The lowest BCUT2D eigenvalue weighted by molar-refractivity contribution is -0.166. The Labute approximate surface area is 104 Å². The summed E-state index contributed by atoms with van der Waals surface area (Å²) in [6, 6.07) is 0. The summed E-state index contributed by atoms with van der Waals surface area (Å²) >= 11 is 0. The smallest absolute Gasteiger partial charge is 0.184 e. The molecule has 0 aromatic carbocycles. The molecule has 0 aromatic rings. The van der Waals surface area contributed by atoms with Crippen LogP contribution in [0.5, 0.6) is 0 Å². The standard InChI is InChI=1S/C12H22O4Si/c1-17(2,3)16-11-5-7-12(6-4-10(11)13)14-8-9-15-12/h11H,4-9H2,1-3H3. The van der Waals surface area contributed by atoms with Crippen LogP contribution in [0.2, 0.25) is 19.6 Å². The van der Waals surface area contributed by atoms with Gasteiger partial charge in [0.05, 0.1) is 13.2 Å². The number of hydrogen-bond donors (Lipinski definition) is 0. The Kier molecular flexibility index (Phi) is 3.73. The van der Waals surface area contributed by atoms with Gasteiger partial charge in [-0.2, -0.15) is 0 Å². The summed E-state index contributed by atoms with van der Waals surface area (Å²) in [4.78, 5) is 12.0. The van der Waals surface area contributed by atoms with Gasteiger partial charge in [0.25, 0.3) is 0 Å². The van der Waals surface area contributed by atoms with Crippen molar-refractivity contribution in [2.75, 3.05) is 13.2 Å². The van der Waals surface area contributed by atoms with Crippen molar-refractivity contribution in [1.29, 1.82) is 0 Å². The van der Waals surface area contributed by atoms with Gasteiger partial charge < -0.3 is 13.9 Å². The molecule has 1 spiro atoms. The quantitative estimate of drug-likeness (QED) is 0.711. The van der Waals surface area contributed by atoms with Gasteiger partial charge in [-0.1, -0.05) is 0 Å². The van der Waals surface area contributed by atoms with Crippen LogP contribution >= 0.6 is 0 Å². The van der Waals surface area contributed by atoms with Crippen molar-refractivity contribution in [1.82, 2.24) is 0 Å². The SMILES string of the molecule is C[Si](C)(C)OC1CCC2(CCC1=O)OCCO2. The van der Waals surface area contributed by atoms with E-state index in [9.17, 15) is 4.79 Å². The highest BCUT2D eigenvalue weighted by atomic mass is 28.4. The molecule has 0 aromatic heterocycles. The van der Waals surface area contributed by atoms with Gasteiger partial charge in [-0.05, 0) is 26.1 Å². The molecule has 1 saturated carbocycles. The van der Waals surface area contributed by atoms with E-state index in [-0.39, 0.29) is 11.9 Å². The third-order valence-electron chi connectivity index (χ3n) is 3.21. The summed E-state index contributed by atoms with van der Waals surface area (Å²) in [6.07, 6.45) is 2.44. The van der Waals surface area contributed by atoms with Crippen LogP contribution in [0, 0.1) is 0 Å². The predicted molar refractivity (Wildman–Crippen MR) is 66.3 cm³/mol. The number of hydrogen-bond acceptors (Lipinski definition) is 4. The van der Waals surface area contributed by atoms with Crippen molar-refractivity contribution in [3.8, 4) is 0 Å². The van der Waals surface area contributed by atoms with Crippen LogP contribution in [-0.4, -0.2) is 39.2 Å². The Balaban J connectivity index is 1.99. The largest absolute Gasteiger partial charge is 0.408 e. The van der Waals surface area contributed by atoms with E-state index in [2.05, 4.69) is 19.6 Å². The Morgan fingerprint density at radius 3 is 2.47 bits per heavy atom. The number of Topliss-reactive ketones (excluding diaryl/α,β-unsaturated/α-hetero) is 1. The van der Waals surface area contributed by atoms with E-state index in [4.69, 9.17) is 13.9 Å². The van der Waals surface area contributed by atoms with Crippen LogP contribution in [-0.2, 0) is 18.7 Å². The highest BCUT2D eigenvalue weighted by molar-refractivity contribution is 6.69. The molecule has 0 N–H and O–H groups in total. The number of rotatable bonds is 2. The maximum Gasteiger partial charge on any atom is 0.184 e. The van der Waals surface area contributed by atoms with E-state index in [1.54, 1.807) is 0 Å². The molecule has 5 heteroatoms. The molecule has 1 aliphatic heterocycles. The summed E-state index contributed by atoms with van der Waals surface area (Å²) in [6.45, 7) is 7.64. The normalized spacial score (nSPS) is 29.6. The summed E-state index contributed by atoms with van der Waals surface area (Å²) in [5.74, 6) is -0.281. The van der Waals surface area contributed by atoms with Gasteiger partial charge >= 0.3 is 0 Å². The van der Waals surface area contributed by atoms with E-state index in [0.717, 1.165) is 12.8 Å². The number of ketones is 1. The average Bonchev–Trinajstić information content (AvgIpc) is 2.63. The van der Waals surface area contributed by atoms with Crippen LogP contribution in [0.3, 0.4) is 0 Å². The molecule has 0 radical (unpaired) electrons. The van der Waals surface area contributed by atoms with E-state index in [1.165, 1.54) is 0 Å². The maximum atomic E-state index is 12.0. The van der Waals surface area contributed by atoms with Gasteiger partial charge in [0.1, 0.15) is 6.10 Å².